The smallest absolute Gasteiger partial charge is 0.255 e. The number of hydrogen-bond acceptors (Lipinski definition) is 6. The number of nitrogens with one attached hydrogen (secondary N) is 2. The van der Waals surface area contributed by atoms with Crippen molar-refractivity contribution in [3.8, 4) is 11.3 Å². The molecule has 164 valence electrons. The van der Waals surface area contributed by atoms with Gasteiger partial charge in [-0.15, -0.1) is 0 Å². The number of aryl methyl sites for hydroxylation is 1. The summed E-state index contributed by atoms with van der Waals surface area (Å²) in [6, 6.07) is 13.3. The molecule has 1 aromatic carbocycles. The molecule has 0 saturated carbocycles. The quantitative estimate of drug-likeness (QED) is 0.374. The largest absolute Gasteiger partial charge is 0.346 e. The number of aromatic nitrogens is 7. The fourth-order valence-corrected chi connectivity index (χ4v) is 3.59. The van der Waals surface area contributed by atoms with Crippen LogP contribution in [-0.2, 0) is 20.0 Å². The second-order valence-electron chi connectivity index (χ2n) is 7.51. The van der Waals surface area contributed by atoms with E-state index in [1.54, 1.807) is 25.4 Å². The van der Waals surface area contributed by atoms with Crippen molar-refractivity contribution in [1.29, 1.82) is 0 Å². The van der Waals surface area contributed by atoms with E-state index in [9.17, 15) is 9.59 Å². The van der Waals surface area contributed by atoms with Crippen LogP contribution in [0.1, 0.15) is 32.2 Å². The molecule has 0 saturated heterocycles. The maximum absolute atomic E-state index is 13.1. The first kappa shape index (κ1) is 20.3. The third kappa shape index (κ3) is 4.13. The maximum atomic E-state index is 13.1. The zero-order valence-electron chi connectivity index (χ0n) is 17.8. The molecule has 4 heterocycles. The van der Waals surface area contributed by atoms with Crippen LogP contribution in [0.4, 0.5) is 0 Å². The molecular formula is C23H20N8O2. The van der Waals surface area contributed by atoms with E-state index in [0.717, 1.165) is 17.0 Å². The molecule has 1 amide bonds. The lowest BCUT2D eigenvalue weighted by atomic mass is 10.1. The van der Waals surface area contributed by atoms with Crippen molar-refractivity contribution in [2.45, 2.75) is 13.0 Å². The van der Waals surface area contributed by atoms with Gasteiger partial charge in [0.1, 0.15) is 5.69 Å². The van der Waals surface area contributed by atoms with Crippen molar-refractivity contribution in [2.75, 3.05) is 0 Å². The van der Waals surface area contributed by atoms with Gasteiger partial charge in [0.05, 0.1) is 41.8 Å². The molecule has 0 fully saturated rings. The molecule has 0 aliphatic rings. The van der Waals surface area contributed by atoms with Gasteiger partial charge in [0.15, 0.2) is 5.78 Å². The van der Waals surface area contributed by atoms with E-state index in [0.29, 0.717) is 11.5 Å². The second-order valence-corrected chi connectivity index (χ2v) is 7.51. The van der Waals surface area contributed by atoms with Crippen LogP contribution in [0.15, 0.2) is 67.3 Å². The minimum absolute atomic E-state index is 0.0182. The normalized spacial score (nSPS) is 11.1. The molecule has 0 radical (unpaired) electrons. The lowest BCUT2D eigenvalue weighted by molar-refractivity contribution is 0.0928. The predicted molar refractivity (Wildman–Crippen MR) is 119 cm³/mol. The molecule has 0 aliphatic carbocycles. The zero-order valence-corrected chi connectivity index (χ0v) is 17.8. The Labute approximate surface area is 188 Å². The van der Waals surface area contributed by atoms with Gasteiger partial charge in [-0.25, -0.2) is 9.97 Å². The van der Waals surface area contributed by atoms with Crippen LogP contribution >= 0.6 is 0 Å². The lowest BCUT2D eigenvalue weighted by Gasteiger charge is -2.06. The van der Waals surface area contributed by atoms with Gasteiger partial charge >= 0.3 is 0 Å². The first-order valence-electron chi connectivity index (χ1n) is 10.3. The minimum Gasteiger partial charge on any atom is -0.346 e. The van der Waals surface area contributed by atoms with Gasteiger partial charge in [0, 0.05) is 31.2 Å². The fraction of sp³-hybridized carbons (Fsp3) is 0.130. The fourth-order valence-electron chi connectivity index (χ4n) is 3.59. The highest BCUT2D eigenvalue weighted by molar-refractivity contribution is 6.07. The van der Waals surface area contributed by atoms with E-state index in [1.807, 2.05) is 47.1 Å². The van der Waals surface area contributed by atoms with Crippen molar-refractivity contribution in [3.05, 3.63) is 89.9 Å². The molecule has 5 aromatic rings. The Morgan fingerprint density at radius 1 is 1.09 bits per heavy atom. The van der Waals surface area contributed by atoms with Crippen molar-refractivity contribution >= 4 is 17.5 Å². The van der Waals surface area contributed by atoms with Gasteiger partial charge < -0.3 is 5.32 Å². The summed E-state index contributed by atoms with van der Waals surface area (Å²) < 4.78 is 3.23. The highest BCUT2D eigenvalue weighted by atomic mass is 16.2. The van der Waals surface area contributed by atoms with Crippen LogP contribution in [0.3, 0.4) is 0 Å². The molecular weight excluding hydrogens is 420 g/mol. The summed E-state index contributed by atoms with van der Waals surface area (Å²) in [5.74, 6) is -0.139. The molecule has 33 heavy (non-hydrogen) atoms. The summed E-state index contributed by atoms with van der Waals surface area (Å²) >= 11 is 0. The number of nitrogens with zero attached hydrogens (tertiary/aromatic N) is 6. The Hall–Kier alpha value is -4.60. The number of carbonyl (C=O) groups is 2. The molecule has 0 spiro atoms. The zero-order chi connectivity index (χ0) is 22.8. The number of H-pyrrole nitrogens is 1. The van der Waals surface area contributed by atoms with Crippen LogP contribution in [0.2, 0.25) is 0 Å². The number of rotatable bonds is 7. The van der Waals surface area contributed by atoms with Crippen molar-refractivity contribution in [1.82, 2.24) is 39.7 Å². The summed E-state index contributed by atoms with van der Waals surface area (Å²) in [6.07, 6.45) is 6.74. The number of fused-ring (bicyclic) bond motifs is 1. The molecule has 5 rings (SSSR count). The lowest BCUT2D eigenvalue weighted by Crippen LogP contribution is -2.25. The number of benzene rings is 1. The SMILES string of the molecule is Cn1ncc(C(=O)NCc2ccn[nH]2)c1C(=O)Cc1ccn2cc(-c3ccccc3)nc2n1. The third-order valence-electron chi connectivity index (χ3n) is 5.24. The van der Waals surface area contributed by atoms with Gasteiger partial charge in [0.25, 0.3) is 5.91 Å². The maximum Gasteiger partial charge on any atom is 0.255 e. The number of imidazole rings is 1. The number of amides is 1. The van der Waals surface area contributed by atoms with E-state index in [4.69, 9.17) is 0 Å². The topological polar surface area (TPSA) is 123 Å². The van der Waals surface area contributed by atoms with E-state index in [-0.39, 0.29) is 35.9 Å². The summed E-state index contributed by atoms with van der Waals surface area (Å²) in [6.45, 7) is 0.267. The third-order valence-corrected chi connectivity index (χ3v) is 5.24. The molecule has 4 aromatic heterocycles. The molecule has 2 N–H and O–H groups in total. The minimum atomic E-state index is -0.384. The van der Waals surface area contributed by atoms with Crippen molar-refractivity contribution in [2.24, 2.45) is 7.05 Å². The van der Waals surface area contributed by atoms with Gasteiger partial charge in [-0.1, -0.05) is 30.3 Å². The average molecular weight is 440 g/mol. The number of carbonyl (C=O) groups excluding carboxylic acids is 2. The van der Waals surface area contributed by atoms with Crippen LogP contribution in [0.25, 0.3) is 17.0 Å². The summed E-state index contributed by atoms with van der Waals surface area (Å²) in [5.41, 5.74) is 3.55. The number of aromatic amines is 1. The van der Waals surface area contributed by atoms with Gasteiger partial charge in [-0.2, -0.15) is 10.2 Å². The first-order chi connectivity index (χ1) is 16.1. The number of hydrogen-bond donors (Lipinski definition) is 2. The number of Topliss-reactive ketones (excluding diaryl/α,β-unsaturated/α-hetero) is 1. The van der Waals surface area contributed by atoms with Crippen molar-refractivity contribution in [3.63, 3.8) is 0 Å². The number of ketones is 1. The monoisotopic (exact) mass is 440 g/mol. The average Bonchev–Trinajstić information content (AvgIpc) is 3.57. The van der Waals surface area contributed by atoms with E-state index >= 15 is 0 Å². The summed E-state index contributed by atoms with van der Waals surface area (Å²) in [4.78, 5) is 34.9. The van der Waals surface area contributed by atoms with Crippen LogP contribution in [-0.4, -0.2) is 46.0 Å². The Balaban J connectivity index is 1.35. The van der Waals surface area contributed by atoms with Gasteiger partial charge in [-0.05, 0) is 12.1 Å². The van der Waals surface area contributed by atoms with Gasteiger partial charge in [-0.3, -0.25) is 23.8 Å². The molecule has 10 nitrogen and oxygen atoms in total. The molecule has 0 atom stereocenters. The van der Waals surface area contributed by atoms with Crippen LogP contribution in [0.5, 0.6) is 0 Å². The molecule has 0 bridgehead atoms. The molecule has 0 unspecified atom stereocenters. The van der Waals surface area contributed by atoms with Gasteiger partial charge in [0.2, 0.25) is 5.78 Å². The van der Waals surface area contributed by atoms with E-state index in [2.05, 4.69) is 30.6 Å². The highest BCUT2D eigenvalue weighted by Crippen LogP contribution is 2.18. The van der Waals surface area contributed by atoms with E-state index < -0.39 is 0 Å². The second kappa shape index (κ2) is 8.50. The van der Waals surface area contributed by atoms with Crippen molar-refractivity contribution < 1.29 is 9.59 Å². The standard InChI is InChI=1S/C23H20N8O2/c1-30-21(18(13-26-30)22(33)24-12-17-7-9-25-29-17)20(32)11-16-8-10-31-14-19(28-23(31)27-16)15-5-3-2-4-6-15/h2-10,13-14H,11-12H2,1H3,(H,24,33)(H,25,29). The Kier molecular flexibility index (Phi) is 5.23. The molecule has 10 heteroatoms. The van der Waals surface area contributed by atoms with Crippen LogP contribution < -0.4 is 5.32 Å². The Morgan fingerprint density at radius 2 is 1.94 bits per heavy atom. The predicted octanol–water partition coefficient (Wildman–Crippen LogP) is 2.21. The van der Waals surface area contributed by atoms with E-state index in [1.165, 1.54) is 10.9 Å². The summed E-state index contributed by atoms with van der Waals surface area (Å²) in [7, 11) is 1.64. The molecule has 0 aliphatic heterocycles. The first-order valence-corrected chi connectivity index (χ1v) is 10.3. The highest BCUT2D eigenvalue weighted by Gasteiger charge is 2.23. The van der Waals surface area contributed by atoms with Crippen LogP contribution in [0, 0.1) is 0 Å². The Bertz CT molecular complexity index is 1430. The summed E-state index contributed by atoms with van der Waals surface area (Å²) in [5, 5.41) is 13.5. The Morgan fingerprint density at radius 3 is 2.73 bits per heavy atom.